The van der Waals surface area contributed by atoms with E-state index in [9.17, 15) is 14.4 Å². The van der Waals surface area contributed by atoms with Gasteiger partial charge in [-0.25, -0.2) is 0 Å². The highest BCUT2D eigenvalue weighted by molar-refractivity contribution is 6.22. The van der Waals surface area contributed by atoms with Crippen molar-refractivity contribution in [2.45, 2.75) is 13.3 Å². The fraction of sp³-hybridized carbons (Fsp3) is 0.346. The number of allylic oxidation sites excluding steroid dienone is 2. The van der Waals surface area contributed by atoms with Gasteiger partial charge in [-0.3, -0.25) is 19.3 Å². The molecule has 7 rings (SSSR count). The van der Waals surface area contributed by atoms with Crippen LogP contribution >= 0.6 is 0 Å². The van der Waals surface area contributed by atoms with Crippen LogP contribution in [0.4, 0.5) is 5.69 Å². The lowest BCUT2D eigenvalue weighted by Crippen LogP contribution is -2.40. The summed E-state index contributed by atoms with van der Waals surface area (Å²) in [5.41, 5.74) is 2.29. The molecule has 3 fully saturated rings. The number of ether oxygens (including phenoxy) is 1. The molecule has 5 nitrogen and oxygen atoms in total. The van der Waals surface area contributed by atoms with Crippen molar-refractivity contribution < 1.29 is 19.1 Å². The van der Waals surface area contributed by atoms with Gasteiger partial charge in [-0.15, -0.1) is 0 Å². The first-order valence-electron chi connectivity index (χ1n) is 10.9. The van der Waals surface area contributed by atoms with E-state index in [1.807, 2.05) is 19.1 Å². The van der Waals surface area contributed by atoms with Crippen LogP contribution in [0.5, 0.6) is 5.75 Å². The maximum atomic E-state index is 13.2. The molecule has 1 aliphatic heterocycles. The van der Waals surface area contributed by atoms with E-state index in [4.69, 9.17) is 4.74 Å². The highest BCUT2D eigenvalue weighted by Gasteiger charge is 2.67. The Balaban J connectivity index is 1.16. The van der Waals surface area contributed by atoms with E-state index in [1.54, 1.807) is 36.4 Å². The molecule has 4 aliphatic carbocycles. The van der Waals surface area contributed by atoms with Gasteiger partial charge in [0.2, 0.25) is 11.8 Å². The molecule has 1 heterocycles. The van der Waals surface area contributed by atoms with E-state index in [1.165, 1.54) is 4.90 Å². The largest absolute Gasteiger partial charge is 0.485 e. The van der Waals surface area contributed by atoms with Gasteiger partial charge < -0.3 is 4.74 Å². The summed E-state index contributed by atoms with van der Waals surface area (Å²) in [7, 11) is 0. The van der Waals surface area contributed by atoms with Gasteiger partial charge >= 0.3 is 0 Å². The Hall–Kier alpha value is -3.21. The van der Waals surface area contributed by atoms with Gasteiger partial charge in [-0.05, 0) is 61.3 Å². The van der Waals surface area contributed by atoms with Gasteiger partial charge in [-0.1, -0.05) is 42.0 Å². The number of carbonyl (C=O) groups is 3. The topological polar surface area (TPSA) is 63.7 Å². The summed E-state index contributed by atoms with van der Waals surface area (Å²) in [6, 6.07) is 14.3. The van der Waals surface area contributed by atoms with E-state index in [0.29, 0.717) is 28.8 Å². The van der Waals surface area contributed by atoms with E-state index in [2.05, 4.69) is 12.2 Å². The van der Waals surface area contributed by atoms with Crippen LogP contribution in [0.25, 0.3) is 0 Å². The highest BCUT2D eigenvalue weighted by atomic mass is 16.5. The first-order chi connectivity index (χ1) is 15.0. The van der Waals surface area contributed by atoms with Crippen LogP contribution in [0.3, 0.4) is 0 Å². The second-order valence-electron chi connectivity index (χ2n) is 9.24. The molecule has 5 aliphatic rings. The van der Waals surface area contributed by atoms with Crippen LogP contribution in [0, 0.1) is 42.4 Å². The molecule has 1 saturated heterocycles. The van der Waals surface area contributed by atoms with Crippen molar-refractivity contribution in [3.8, 4) is 5.75 Å². The molecular weight excluding hydrogens is 390 g/mol. The van der Waals surface area contributed by atoms with Gasteiger partial charge in [-0.2, -0.15) is 0 Å². The van der Waals surface area contributed by atoms with Gasteiger partial charge in [0, 0.05) is 5.56 Å². The molecule has 6 atom stereocenters. The summed E-state index contributed by atoms with van der Waals surface area (Å²) in [5.74, 6) is 1.52. The standard InChI is InChI=1S/C26H23NO4/c1-14-2-4-15(5-3-14)22(28)13-31-17-8-6-16(7-9-17)27-25(29)23-18-10-11-19(21-12-20(18)21)24(23)26(27)30/h2-11,18-21,23-24H,12-13H2,1H3/t18-,19-,20-,21-,23-,24+/m0/s1. The van der Waals surface area contributed by atoms with E-state index in [0.717, 1.165) is 12.0 Å². The maximum Gasteiger partial charge on any atom is 0.238 e. The van der Waals surface area contributed by atoms with Crippen molar-refractivity contribution in [3.63, 3.8) is 0 Å². The Labute approximate surface area is 180 Å². The van der Waals surface area contributed by atoms with Gasteiger partial charge in [0.25, 0.3) is 0 Å². The third-order valence-electron chi connectivity index (χ3n) is 7.50. The lowest BCUT2D eigenvalue weighted by Gasteiger charge is -2.37. The minimum absolute atomic E-state index is 0.0636. The molecule has 0 aromatic heterocycles. The molecule has 0 unspecified atom stereocenters. The molecule has 2 bridgehead atoms. The summed E-state index contributed by atoms with van der Waals surface area (Å²) < 4.78 is 5.63. The summed E-state index contributed by atoms with van der Waals surface area (Å²) in [5, 5.41) is 0. The number of hydrogen-bond donors (Lipinski definition) is 0. The second-order valence-corrected chi connectivity index (χ2v) is 9.24. The Kier molecular flexibility index (Phi) is 3.98. The molecule has 156 valence electrons. The van der Waals surface area contributed by atoms with E-state index >= 15 is 0 Å². The Morgan fingerprint density at radius 3 is 2.06 bits per heavy atom. The van der Waals surface area contributed by atoms with E-state index in [-0.39, 0.29) is 47.9 Å². The third-order valence-corrected chi connectivity index (χ3v) is 7.50. The fourth-order valence-electron chi connectivity index (χ4n) is 5.87. The number of Topliss-reactive ketones (excluding diaryl/α,β-unsaturated/α-hetero) is 1. The molecule has 2 aromatic carbocycles. The molecule has 2 aromatic rings. The zero-order valence-corrected chi connectivity index (χ0v) is 17.2. The van der Waals surface area contributed by atoms with E-state index < -0.39 is 0 Å². The summed E-state index contributed by atoms with van der Waals surface area (Å²) in [6.07, 6.45) is 5.51. The van der Waals surface area contributed by atoms with Gasteiger partial charge in [0.05, 0.1) is 17.5 Å². The number of amides is 2. The maximum absolute atomic E-state index is 13.2. The SMILES string of the molecule is Cc1ccc(C(=O)COc2ccc(N3C(=O)[C@@H]4[C@H]5C=C[C@@H]([C@@H]6C[C@@H]56)[C@@H]4C3=O)cc2)cc1. The average Bonchev–Trinajstić information content (AvgIpc) is 3.56. The number of rotatable bonds is 5. The van der Waals surface area contributed by atoms with Crippen molar-refractivity contribution in [2.24, 2.45) is 35.5 Å². The van der Waals surface area contributed by atoms with Crippen molar-refractivity contribution >= 4 is 23.3 Å². The monoisotopic (exact) mass is 413 g/mol. The van der Waals surface area contributed by atoms with Crippen LogP contribution < -0.4 is 9.64 Å². The summed E-state index contributed by atoms with van der Waals surface area (Å²) >= 11 is 0. The Morgan fingerprint density at radius 2 is 1.48 bits per heavy atom. The first kappa shape index (κ1) is 18.6. The highest BCUT2D eigenvalue weighted by Crippen LogP contribution is 2.65. The number of ketones is 1. The minimum atomic E-state index is -0.200. The smallest absolute Gasteiger partial charge is 0.238 e. The van der Waals surface area contributed by atoms with Crippen LogP contribution in [-0.4, -0.2) is 24.2 Å². The van der Waals surface area contributed by atoms with Crippen molar-refractivity contribution in [3.05, 3.63) is 71.8 Å². The Morgan fingerprint density at radius 1 is 0.903 bits per heavy atom. The van der Waals surface area contributed by atoms with Crippen molar-refractivity contribution in [1.29, 1.82) is 0 Å². The van der Waals surface area contributed by atoms with Crippen LogP contribution in [0.2, 0.25) is 0 Å². The number of aryl methyl sites for hydroxylation is 1. The predicted octanol–water partition coefficient (Wildman–Crippen LogP) is 3.81. The zero-order chi connectivity index (χ0) is 21.3. The lowest BCUT2D eigenvalue weighted by atomic mass is 9.63. The first-order valence-corrected chi connectivity index (χ1v) is 10.9. The molecule has 5 heteroatoms. The molecular formula is C26H23NO4. The molecule has 0 N–H and O–H groups in total. The number of benzene rings is 2. The number of imide groups is 1. The third kappa shape index (κ3) is 2.79. The number of hydrogen-bond acceptors (Lipinski definition) is 4. The quantitative estimate of drug-likeness (QED) is 0.425. The normalized spacial score (nSPS) is 32.1. The lowest BCUT2D eigenvalue weighted by molar-refractivity contribution is -0.124. The predicted molar refractivity (Wildman–Crippen MR) is 115 cm³/mol. The second kappa shape index (κ2) is 6.64. The summed E-state index contributed by atoms with van der Waals surface area (Å²) in [4.78, 5) is 40.0. The van der Waals surface area contributed by atoms with Gasteiger partial charge in [0.1, 0.15) is 5.75 Å². The fourth-order valence-corrected chi connectivity index (χ4v) is 5.87. The zero-order valence-electron chi connectivity index (χ0n) is 17.2. The molecule has 31 heavy (non-hydrogen) atoms. The number of anilines is 1. The van der Waals surface area contributed by atoms with Crippen molar-refractivity contribution in [1.82, 2.24) is 0 Å². The van der Waals surface area contributed by atoms with Crippen LogP contribution in [0.15, 0.2) is 60.7 Å². The molecule has 2 saturated carbocycles. The molecule has 0 spiro atoms. The van der Waals surface area contributed by atoms with Crippen LogP contribution in [-0.2, 0) is 9.59 Å². The minimum Gasteiger partial charge on any atom is -0.485 e. The summed E-state index contributed by atoms with van der Waals surface area (Å²) in [6.45, 7) is 1.91. The Bertz CT molecular complexity index is 1080. The van der Waals surface area contributed by atoms with Crippen LogP contribution in [0.1, 0.15) is 22.3 Å². The average molecular weight is 413 g/mol. The van der Waals surface area contributed by atoms with Gasteiger partial charge in [0.15, 0.2) is 12.4 Å². The molecule has 2 amide bonds. The number of carbonyl (C=O) groups excluding carboxylic acids is 3. The molecule has 0 radical (unpaired) electrons. The van der Waals surface area contributed by atoms with Crippen molar-refractivity contribution in [2.75, 3.05) is 11.5 Å². The number of nitrogens with zero attached hydrogens (tertiary/aromatic N) is 1.